The van der Waals surface area contributed by atoms with Crippen LogP contribution >= 0.6 is 0 Å². The average molecular weight is 285 g/mol. The molecule has 2 rings (SSSR count). The molecule has 0 saturated heterocycles. The summed E-state index contributed by atoms with van der Waals surface area (Å²) < 4.78 is 0. The van der Waals surface area contributed by atoms with Gasteiger partial charge in [-0.1, -0.05) is 32.0 Å². The van der Waals surface area contributed by atoms with Crippen LogP contribution in [0.3, 0.4) is 0 Å². The van der Waals surface area contributed by atoms with Gasteiger partial charge in [0.1, 0.15) is 0 Å². The van der Waals surface area contributed by atoms with Crippen LogP contribution in [-0.2, 0) is 24.1 Å². The summed E-state index contributed by atoms with van der Waals surface area (Å²) in [5, 5.41) is 12.2. The maximum atomic E-state index is 11.0. The van der Waals surface area contributed by atoms with E-state index in [-0.39, 0.29) is 6.42 Å². The fraction of sp³-hybridized carbons (Fsp3) is 0.312. The number of carboxylic acids is 1. The Morgan fingerprint density at radius 3 is 2.14 bits per heavy atom. The number of benzene rings is 1. The Hall–Kier alpha value is -2.43. The maximum Gasteiger partial charge on any atom is 0.307 e. The van der Waals surface area contributed by atoms with Crippen LogP contribution in [0.15, 0.2) is 30.3 Å². The zero-order chi connectivity index (χ0) is 15.2. The van der Waals surface area contributed by atoms with E-state index in [1.54, 1.807) is 0 Å². The van der Waals surface area contributed by atoms with E-state index in [2.05, 4.69) is 15.3 Å². The third kappa shape index (κ3) is 3.78. The molecule has 0 radical (unpaired) electrons. The highest BCUT2D eigenvalue weighted by atomic mass is 16.4. The minimum atomic E-state index is -0.855. The van der Waals surface area contributed by atoms with Gasteiger partial charge in [0.15, 0.2) is 0 Å². The molecule has 0 aliphatic heterocycles. The summed E-state index contributed by atoms with van der Waals surface area (Å²) in [6.45, 7) is 3.94. The Labute approximate surface area is 124 Å². The van der Waals surface area contributed by atoms with Gasteiger partial charge in [0, 0.05) is 22.6 Å². The minimum Gasteiger partial charge on any atom is -0.481 e. The molecule has 110 valence electrons. The van der Waals surface area contributed by atoms with Crippen molar-refractivity contribution in [2.75, 3.05) is 5.32 Å². The number of carboxylic acid groups (broad SMARTS) is 1. The molecule has 2 N–H and O–H groups in total. The van der Waals surface area contributed by atoms with Crippen LogP contribution in [-0.4, -0.2) is 21.0 Å². The van der Waals surface area contributed by atoms with Crippen LogP contribution in [0.5, 0.6) is 0 Å². The molecule has 5 nitrogen and oxygen atoms in total. The van der Waals surface area contributed by atoms with Crippen LogP contribution in [0.4, 0.5) is 11.6 Å². The molecule has 0 atom stereocenters. The van der Waals surface area contributed by atoms with Crippen molar-refractivity contribution in [3.63, 3.8) is 0 Å². The summed E-state index contributed by atoms with van der Waals surface area (Å²) in [6, 6.07) is 9.68. The number of aromatic nitrogens is 2. The normalized spacial score (nSPS) is 10.4. The summed E-state index contributed by atoms with van der Waals surface area (Å²) in [5.74, 6) is -0.337. The van der Waals surface area contributed by atoms with E-state index in [4.69, 9.17) is 5.11 Å². The van der Waals surface area contributed by atoms with Crippen molar-refractivity contribution in [3.05, 3.63) is 47.3 Å². The van der Waals surface area contributed by atoms with E-state index in [9.17, 15) is 4.79 Å². The highest BCUT2D eigenvalue weighted by Gasteiger charge is 2.15. The second-order valence-electron chi connectivity index (χ2n) is 4.69. The first-order valence-electron chi connectivity index (χ1n) is 7.06. The topological polar surface area (TPSA) is 75.1 Å². The number of nitrogens with zero attached hydrogens (tertiary/aromatic N) is 2. The Kier molecular flexibility index (Phi) is 4.87. The van der Waals surface area contributed by atoms with Crippen molar-refractivity contribution in [2.45, 2.75) is 33.1 Å². The molecule has 1 aromatic carbocycles. The van der Waals surface area contributed by atoms with Crippen molar-refractivity contribution < 1.29 is 9.90 Å². The summed E-state index contributed by atoms with van der Waals surface area (Å²) in [4.78, 5) is 19.9. The monoisotopic (exact) mass is 285 g/mol. The Bertz CT molecular complexity index is 602. The number of carbonyl (C=O) groups is 1. The van der Waals surface area contributed by atoms with Crippen LogP contribution < -0.4 is 5.32 Å². The summed E-state index contributed by atoms with van der Waals surface area (Å²) in [6.07, 6.45) is 1.33. The lowest BCUT2D eigenvalue weighted by Crippen LogP contribution is -2.12. The fourth-order valence-electron chi connectivity index (χ4n) is 2.23. The molecule has 0 spiro atoms. The molecule has 0 bridgehead atoms. The van der Waals surface area contributed by atoms with E-state index in [1.807, 2.05) is 44.2 Å². The standard InChI is InChI=1S/C16H19N3O2/c1-3-13-12(10-15(20)21)14(4-2)19-16(18-13)17-11-8-6-5-7-9-11/h5-9H,3-4,10H2,1-2H3,(H,20,21)(H,17,18,19). The molecule has 1 heterocycles. The van der Waals surface area contributed by atoms with Gasteiger partial charge < -0.3 is 10.4 Å². The maximum absolute atomic E-state index is 11.0. The Morgan fingerprint density at radius 1 is 1.10 bits per heavy atom. The van der Waals surface area contributed by atoms with Crippen molar-refractivity contribution in [1.29, 1.82) is 0 Å². The zero-order valence-electron chi connectivity index (χ0n) is 12.3. The number of aliphatic carboxylic acids is 1. The zero-order valence-corrected chi connectivity index (χ0v) is 12.3. The molecule has 0 unspecified atom stereocenters. The van der Waals surface area contributed by atoms with Gasteiger partial charge in [-0.25, -0.2) is 9.97 Å². The van der Waals surface area contributed by atoms with Crippen LogP contribution in [0.25, 0.3) is 0 Å². The second kappa shape index (κ2) is 6.83. The van der Waals surface area contributed by atoms with E-state index in [0.717, 1.165) is 22.6 Å². The quantitative estimate of drug-likeness (QED) is 0.853. The predicted octanol–water partition coefficient (Wildman–Crippen LogP) is 2.97. The molecule has 0 amide bonds. The Balaban J connectivity index is 2.38. The van der Waals surface area contributed by atoms with Gasteiger partial charge in [0.05, 0.1) is 6.42 Å². The summed E-state index contributed by atoms with van der Waals surface area (Å²) >= 11 is 0. The van der Waals surface area contributed by atoms with Gasteiger partial charge in [-0.2, -0.15) is 0 Å². The number of rotatable bonds is 6. The SMILES string of the molecule is CCc1nc(Nc2ccccc2)nc(CC)c1CC(=O)O. The van der Waals surface area contributed by atoms with Crippen molar-refractivity contribution in [2.24, 2.45) is 0 Å². The fourth-order valence-corrected chi connectivity index (χ4v) is 2.23. The Morgan fingerprint density at radius 2 is 1.67 bits per heavy atom. The largest absolute Gasteiger partial charge is 0.481 e. The predicted molar refractivity (Wildman–Crippen MR) is 81.9 cm³/mol. The summed E-state index contributed by atoms with van der Waals surface area (Å²) in [7, 11) is 0. The van der Waals surface area contributed by atoms with Gasteiger partial charge in [0.25, 0.3) is 0 Å². The first-order valence-corrected chi connectivity index (χ1v) is 7.06. The summed E-state index contributed by atoms with van der Waals surface area (Å²) in [5.41, 5.74) is 3.24. The van der Waals surface area contributed by atoms with E-state index < -0.39 is 5.97 Å². The molecular weight excluding hydrogens is 266 g/mol. The number of aryl methyl sites for hydroxylation is 2. The number of anilines is 2. The highest BCUT2D eigenvalue weighted by molar-refractivity contribution is 5.71. The third-order valence-electron chi connectivity index (χ3n) is 3.21. The molecule has 5 heteroatoms. The number of nitrogens with one attached hydrogen (secondary N) is 1. The highest BCUT2D eigenvalue weighted by Crippen LogP contribution is 2.19. The van der Waals surface area contributed by atoms with Crippen molar-refractivity contribution in [1.82, 2.24) is 9.97 Å². The number of para-hydroxylation sites is 1. The lowest BCUT2D eigenvalue weighted by Gasteiger charge is -2.13. The molecule has 0 fully saturated rings. The van der Waals surface area contributed by atoms with E-state index in [1.165, 1.54) is 0 Å². The van der Waals surface area contributed by atoms with Crippen molar-refractivity contribution in [3.8, 4) is 0 Å². The first-order chi connectivity index (χ1) is 10.1. The van der Waals surface area contributed by atoms with Crippen LogP contribution in [0, 0.1) is 0 Å². The number of hydrogen-bond donors (Lipinski definition) is 2. The minimum absolute atomic E-state index is 0.0298. The second-order valence-corrected chi connectivity index (χ2v) is 4.69. The molecule has 0 aliphatic rings. The molecule has 1 aromatic heterocycles. The van der Waals surface area contributed by atoms with E-state index >= 15 is 0 Å². The number of hydrogen-bond acceptors (Lipinski definition) is 4. The van der Waals surface area contributed by atoms with E-state index in [0.29, 0.717) is 18.8 Å². The lowest BCUT2D eigenvalue weighted by molar-refractivity contribution is -0.136. The first kappa shape index (κ1) is 15.0. The molecular formula is C16H19N3O2. The van der Waals surface area contributed by atoms with Gasteiger partial charge in [-0.3, -0.25) is 4.79 Å². The van der Waals surface area contributed by atoms with Crippen LogP contribution in [0.1, 0.15) is 30.8 Å². The average Bonchev–Trinajstić information content (AvgIpc) is 2.49. The molecule has 21 heavy (non-hydrogen) atoms. The smallest absolute Gasteiger partial charge is 0.307 e. The third-order valence-corrected chi connectivity index (χ3v) is 3.21. The van der Waals surface area contributed by atoms with Gasteiger partial charge in [-0.15, -0.1) is 0 Å². The lowest BCUT2D eigenvalue weighted by atomic mass is 10.0. The molecule has 2 aromatic rings. The van der Waals surface area contributed by atoms with Crippen molar-refractivity contribution >= 4 is 17.6 Å². The van der Waals surface area contributed by atoms with Gasteiger partial charge in [-0.05, 0) is 25.0 Å². The van der Waals surface area contributed by atoms with Gasteiger partial charge in [0.2, 0.25) is 5.95 Å². The van der Waals surface area contributed by atoms with Crippen LogP contribution in [0.2, 0.25) is 0 Å². The van der Waals surface area contributed by atoms with Gasteiger partial charge >= 0.3 is 5.97 Å². The molecule has 0 aliphatic carbocycles. The molecule has 0 saturated carbocycles.